The molecule has 124 valence electrons. The Balaban J connectivity index is 1.98. The minimum atomic E-state index is -3.47. The third-order valence-electron chi connectivity index (χ3n) is 3.66. The van der Waals surface area contributed by atoms with Crippen molar-refractivity contribution in [3.8, 4) is 0 Å². The number of hydrogen-bond acceptors (Lipinski definition) is 2. The van der Waals surface area contributed by atoms with Crippen molar-refractivity contribution >= 4 is 32.6 Å². The summed E-state index contributed by atoms with van der Waals surface area (Å²) in [6.07, 6.45) is 4.55. The molecule has 0 unspecified atom stereocenters. The van der Waals surface area contributed by atoms with E-state index in [-0.39, 0.29) is 0 Å². The first-order valence-corrected chi connectivity index (χ1v) is 10.4. The molecule has 0 fully saturated rings. The third-order valence-corrected chi connectivity index (χ3v) is 5.75. The monoisotopic (exact) mass is 443 g/mol. The first-order chi connectivity index (χ1) is 11.0. The Morgan fingerprint density at radius 1 is 1.00 bits per heavy atom. The number of hydrogen-bond donors (Lipinski definition) is 1. The van der Waals surface area contributed by atoms with E-state index < -0.39 is 10.0 Å². The topological polar surface area (TPSA) is 46.2 Å². The first kappa shape index (κ1) is 18.4. The summed E-state index contributed by atoms with van der Waals surface area (Å²) in [5.74, 6) is 0. The van der Waals surface area contributed by atoms with E-state index in [9.17, 15) is 8.42 Å². The summed E-state index contributed by atoms with van der Waals surface area (Å²) >= 11 is 2.22. The van der Waals surface area contributed by atoms with Crippen molar-refractivity contribution in [2.24, 2.45) is 0 Å². The predicted octanol–water partition coefficient (Wildman–Crippen LogP) is 4.50. The van der Waals surface area contributed by atoms with Crippen LogP contribution in [0.1, 0.15) is 37.3 Å². The Labute approximate surface area is 152 Å². The summed E-state index contributed by atoms with van der Waals surface area (Å²) in [4.78, 5) is 0.322. The summed E-state index contributed by atoms with van der Waals surface area (Å²) in [6, 6.07) is 15.0. The number of benzene rings is 2. The summed E-state index contributed by atoms with van der Waals surface area (Å²) < 4.78 is 28.5. The van der Waals surface area contributed by atoms with Crippen molar-refractivity contribution in [3.05, 3.63) is 63.2 Å². The zero-order chi connectivity index (χ0) is 16.7. The summed E-state index contributed by atoms with van der Waals surface area (Å²) in [5.41, 5.74) is 2.15. The second-order valence-electron chi connectivity index (χ2n) is 5.56. The largest absolute Gasteiger partial charge is 0.240 e. The molecule has 0 aliphatic rings. The van der Waals surface area contributed by atoms with E-state index in [2.05, 4.69) is 34.2 Å². The Morgan fingerprint density at radius 2 is 1.74 bits per heavy atom. The third kappa shape index (κ3) is 5.90. The minimum Gasteiger partial charge on any atom is -0.207 e. The number of aryl methyl sites for hydroxylation is 1. The molecule has 0 amide bonds. The molecular weight excluding hydrogens is 421 g/mol. The molecule has 23 heavy (non-hydrogen) atoms. The SMILES string of the molecule is CCCCCc1ccc(S(=O)(=O)NCc2cccc(I)c2)cc1. The molecule has 5 heteroatoms. The molecule has 0 spiro atoms. The Kier molecular flexibility index (Phi) is 7.05. The molecule has 0 aliphatic heterocycles. The number of sulfonamides is 1. The highest BCUT2D eigenvalue weighted by Gasteiger charge is 2.13. The maximum Gasteiger partial charge on any atom is 0.240 e. The van der Waals surface area contributed by atoms with Gasteiger partial charge in [0.25, 0.3) is 0 Å². The van der Waals surface area contributed by atoms with E-state index in [4.69, 9.17) is 0 Å². The number of halogens is 1. The second kappa shape index (κ2) is 8.80. The van der Waals surface area contributed by atoms with E-state index in [0.29, 0.717) is 11.4 Å². The molecule has 0 aromatic heterocycles. The number of nitrogens with one attached hydrogen (secondary N) is 1. The van der Waals surface area contributed by atoms with Gasteiger partial charge >= 0.3 is 0 Å². The van der Waals surface area contributed by atoms with Crippen LogP contribution < -0.4 is 4.72 Å². The fourth-order valence-corrected chi connectivity index (χ4v) is 3.95. The molecule has 2 aromatic carbocycles. The van der Waals surface area contributed by atoms with Crippen LogP contribution in [0.4, 0.5) is 0 Å². The summed E-state index contributed by atoms with van der Waals surface area (Å²) in [6.45, 7) is 2.48. The maximum atomic E-state index is 12.3. The quantitative estimate of drug-likeness (QED) is 0.483. The number of unbranched alkanes of at least 4 members (excludes halogenated alkanes) is 2. The van der Waals surface area contributed by atoms with Crippen molar-refractivity contribution in [3.63, 3.8) is 0 Å². The van der Waals surface area contributed by atoms with Crippen molar-refractivity contribution in [2.75, 3.05) is 0 Å². The molecule has 0 atom stereocenters. The Hall–Kier alpha value is -0.920. The lowest BCUT2D eigenvalue weighted by molar-refractivity contribution is 0.581. The van der Waals surface area contributed by atoms with Gasteiger partial charge in [0.15, 0.2) is 0 Å². The molecular formula is C18H22INO2S. The molecule has 2 rings (SSSR count). The van der Waals surface area contributed by atoms with Crippen LogP contribution in [0.5, 0.6) is 0 Å². The molecule has 0 radical (unpaired) electrons. The van der Waals surface area contributed by atoms with Crippen LogP contribution in [0.3, 0.4) is 0 Å². The van der Waals surface area contributed by atoms with Crippen molar-refractivity contribution in [2.45, 2.75) is 44.0 Å². The summed E-state index contributed by atoms with van der Waals surface area (Å²) in [7, 11) is -3.47. The lowest BCUT2D eigenvalue weighted by Gasteiger charge is -2.08. The van der Waals surface area contributed by atoms with Crippen LogP contribution in [-0.2, 0) is 23.0 Å². The molecule has 0 saturated carbocycles. The molecule has 1 N–H and O–H groups in total. The van der Waals surface area contributed by atoms with Gasteiger partial charge in [0.2, 0.25) is 10.0 Å². The zero-order valence-electron chi connectivity index (χ0n) is 13.3. The predicted molar refractivity (Wildman–Crippen MR) is 103 cm³/mol. The van der Waals surface area contributed by atoms with Gasteiger partial charge in [0.05, 0.1) is 4.90 Å². The highest BCUT2D eigenvalue weighted by molar-refractivity contribution is 14.1. The Bertz CT molecular complexity index is 727. The van der Waals surface area contributed by atoms with Crippen molar-refractivity contribution < 1.29 is 8.42 Å². The van der Waals surface area contributed by atoms with Crippen LogP contribution in [-0.4, -0.2) is 8.42 Å². The van der Waals surface area contributed by atoms with Gasteiger partial charge in [0, 0.05) is 10.1 Å². The van der Waals surface area contributed by atoms with Crippen LogP contribution in [0.15, 0.2) is 53.4 Å². The fraction of sp³-hybridized carbons (Fsp3) is 0.333. The maximum absolute atomic E-state index is 12.3. The van der Waals surface area contributed by atoms with Crippen molar-refractivity contribution in [1.82, 2.24) is 4.72 Å². The van der Waals surface area contributed by atoms with Crippen LogP contribution in [0.25, 0.3) is 0 Å². The van der Waals surface area contributed by atoms with Gasteiger partial charge in [-0.1, -0.05) is 44.0 Å². The highest BCUT2D eigenvalue weighted by Crippen LogP contribution is 2.14. The Morgan fingerprint density at radius 3 is 2.39 bits per heavy atom. The van der Waals surface area contributed by atoms with Gasteiger partial charge in [-0.2, -0.15) is 0 Å². The van der Waals surface area contributed by atoms with E-state index in [1.807, 2.05) is 36.4 Å². The summed E-state index contributed by atoms with van der Waals surface area (Å²) in [5, 5.41) is 0. The van der Waals surface area contributed by atoms with Crippen LogP contribution >= 0.6 is 22.6 Å². The molecule has 0 heterocycles. The van der Waals surface area contributed by atoms with Gasteiger partial charge in [-0.15, -0.1) is 0 Å². The molecule has 0 bridgehead atoms. The average molecular weight is 443 g/mol. The van der Waals surface area contributed by atoms with Crippen LogP contribution in [0.2, 0.25) is 0 Å². The molecule has 2 aromatic rings. The van der Waals surface area contributed by atoms with Gasteiger partial charge in [-0.25, -0.2) is 13.1 Å². The van der Waals surface area contributed by atoms with Gasteiger partial charge in [0.1, 0.15) is 0 Å². The smallest absolute Gasteiger partial charge is 0.207 e. The highest BCUT2D eigenvalue weighted by atomic mass is 127. The van der Waals surface area contributed by atoms with Gasteiger partial charge in [-0.3, -0.25) is 0 Å². The second-order valence-corrected chi connectivity index (χ2v) is 8.57. The number of rotatable bonds is 8. The molecule has 3 nitrogen and oxygen atoms in total. The standard InChI is InChI=1S/C18H22INO2S/c1-2-3-4-6-15-9-11-18(12-10-15)23(21,22)20-14-16-7-5-8-17(19)13-16/h5,7-13,20H,2-4,6,14H2,1H3. The van der Waals surface area contributed by atoms with Crippen molar-refractivity contribution in [1.29, 1.82) is 0 Å². The normalized spacial score (nSPS) is 11.6. The zero-order valence-corrected chi connectivity index (χ0v) is 16.2. The van der Waals surface area contributed by atoms with E-state index in [0.717, 1.165) is 22.0 Å². The molecule has 0 saturated heterocycles. The molecule has 0 aliphatic carbocycles. The minimum absolute atomic E-state index is 0.303. The van der Waals surface area contributed by atoms with Crippen LogP contribution in [0, 0.1) is 3.57 Å². The first-order valence-electron chi connectivity index (χ1n) is 7.84. The lowest BCUT2D eigenvalue weighted by atomic mass is 10.1. The average Bonchev–Trinajstić information content (AvgIpc) is 2.54. The van der Waals surface area contributed by atoms with E-state index >= 15 is 0 Å². The fourth-order valence-electron chi connectivity index (χ4n) is 2.32. The van der Waals surface area contributed by atoms with E-state index in [1.165, 1.54) is 18.4 Å². The van der Waals surface area contributed by atoms with Gasteiger partial charge < -0.3 is 0 Å². The van der Waals surface area contributed by atoms with Gasteiger partial charge in [-0.05, 0) is 70.8 Å². The lowest BCUT2D eigenvalue weighted by Crippen LogP contribution is -2.23. The van der Waals surface area contributed by atoms with E-state index in [1.54, 1.807) is 12.1 Å².